The second-order valence-corrected chi connectivity index (χ2v) is 6.55. The Kier molecular flexibility index (Phi) is 4.49. The van der Waals surface area contributed by atoms with Gasteiger partial charge < -0.3 is 4.74 Å². The number of ether oxygens (including phenoxy) is 1. The first-order valence-electron chi connectivity index (χ1n) is 6.11. The van der Waals surface area contributed by atoms with Gasteiger partial charge in [0.25, 0.3) is 0 Å². The largest absolute Gasteiger partial charge is 0.523 e. The molecule has 0 radical (unpaired) electrons. The summed E-state index contributed by atoms with van der Waals surface area (Å²) >= 11 is 5.97. The van der Waals surface area contributed by atoms with Crippen LogP contribution in [0.4, 0.5) is 13.2 Å². The molecule has 1 aliphatic rings. The molecule has 1 aromatic rings. The van der Waals surface area contributed by atoms with Crippen molar-refractivity contribution in [1.82, 2.24) is 0 Å². The van der Waals surface area contributed by atoms with Crippen molar-refractivity contribution in [3.8, 4) is 0 Å². The summed E-state index contributed by atoms with van der Waals surface area (Å²) in [5.41, 5.74) is -8.11. The van der Waals surface area contributed by atoms with Crippen LogP contribution in [0.15, 0.2) is 30.3 Å². The third-order valence-corrected chi connectivity index (χ3v) is 4.67. The highest BCUT2D eigenvalue weighted by Crippen LogP contribution is 2.45. The fraction of sp³-hybridized carbons (Fsp3) is 0.308. The number of methoxy groups -OCH3 is 1. The number of fused-ring (bicyclic) bond motifs is 1. The van der Waals surface area contributed by atoms with Crippen LogP contribution in [0, 0.1) is 0 Å². The summed E-state index contributed by atoms with van der Waals surface area (Å²) in [5, 5.41) is 0.160. The summed E-state index contributed by atoms with van der Waals surface area (Å²) in [6.07, 6.45) is 0.678. The average molecular weight is 371 g/mol. The van der Waals surface area contributed by atoms with Crippen molar-refractivity contribution in [2.24, 2.45) is 0 Å². The quantitative estimate of drug-likeness (QED) is 0.465. The topological polar surface area (TPSA) is 69.7 Å². The monoisotopic (exact) mass is 370 g/mol. The van der Waals surface area contributed by atoms with Gasteiger partial charge in [0, 0.05) is 17.0 Å². The molecule has 23 heavy (non-hydrogen) atoms. The van der Waals surface area contributed by atoms with Crippen LogP contribution in [0.5, 0.6) is 0 Å². The molecule has 1 atom stereocenters. The van der Waals surface area contributed by atoms with E-state index in [-0.39, 0.29) is 16.2 Å². The number of esters is 1. The molecular formula is C13H10ClF3O5S. The molecule has 126 valence electrons. The molecule has 0 bridgehead atoms. The number of alkyl halides is 3. The molecule has 1 unspecified atom stereocenters. The van der Waals surface area contributed by atoms with Gasteiger partial charge in [-0.25, -0.2) is 8.98 Å². The molecule has 0 spiro atoms. The number of carbonyl (C=O) groups excluding carboxylic acids is 1. The van der Waals surface area contributed by atoms with Crippen molar-refractivity contribution in [3.05, 3.63) is 41.5 Å². The SMILES string of the molecule is COC(=O)C1(OS(=O)(=O)C(F)(F)F)CC=C(Cl)c2ccccc21. The molecule has 0 saturated carbocycles. The molecule has 0 heterocycles. The Bertz CT molecular complexity index is 772. The first-order chi connectivity index (χ1) is 10.5. The van der Waals surface area contributed by atoms with Gasteiger partial charge in [0.15, 0.2) is 0 Å². The first kappa shape index (κ1) is 17.8. The molecule has 0 amide bonds. The van der Waals surface area contributed by atoms with Crippen molar-refractivity contribution >= 4 is 32.7 Å². The maximum Gasteiger partial charge on any atom is 0.523 e. The Hall–Kier alpha value is -1.58. The van der Waals surface area contributed by atoms with Crippen LogP contribution in [0.2, 0.25) is 0 Å². The molecular weight excluding hydrogens is 361 g/mol. The molecule has 2 rings (SSSR count). The van der Waals surface area contributed by atoms with Gasteiger partial charge >= 0.3 is 21.6 Å². The van der Waals surface area contributed by atoms with E-state index in [0.717, 1.165) is 7.11 Å². The molecule has 0 N–H and O–H groups in total. The smallest absolute Gasteiger partial charge is 0.467 e. The summed E-state index contributed by atoms with van der Waals surface area (Å²) in [4.78, 5) is 12.1. The van der Waals surface area contributed by atoms with Crippen molar-refractivity contribution in [2.75, 3.05) is 7.11 Å². The maximum absolute atomic E-state index is 12.7. The van der Waals surface area contributed by atoms with E-state index in [9.17, 15) is 26.4 Å². The van der Waals surface area contributed by atoms with E-state index >= 15 is 0 Å². The van der Waals surface area contributed by atoms with E-state index in [1.165, 1.54) is 30.3 Å². The van der Waals surface area contributed by atoms with E-state index in [2.05, 4.69) is 8.92 Å². The van der Waals surface area contributed by atoms with Crippen molar-refractivity contribution in [3.63, 3.8) is 0 Å². The van der Waals surface area contributed by atoms with Crippen LogP contribution in [-0.2, 0) is 29.4 Å². The standard InChI is InChI=1S/C13H10ClF3O5S/c1-21-11(18)12(22-23(19,20)13(15,16)17)7-6-10(14)8-4-2-3-5-9(8)12/h2-6H,7H2,1H3. The van der Waals surface area contributed by atoms with Gasteiger partial charge in [0.1, 0.15) is 0 Å². The minimum Gasteiger partial charge on any atom is -0.467 e. The van der Waals surface area contributed by atoms with Gasteiger partial charge in [-0.2, -0.15) is 21.6 Å². The minimum absolute atomic E-state index is 0.118. The minimum atomic E-state index is -6.04. The number of benzene rings is 1. The molecule has 10 heteroatoms. The summed E-state index contributed by atoms with van der Waals surface area (Å²) < 4.78 is 69.7. The summed E-state index contributed by atoms with van der Waals surface area (Å²) in [6, 6.07) is 5.62. The summed E-state index contributed by atoms with van der Waals surface area (Å²) in [5.74, 6) is -1.28. The normalized spacial score (nSPS) is 21.3. The van der Waals surface area contributed by atoms with Crippen LogP contribution >= 0.6 is 11.6 Å². The number of halogens is 4. The summed E-state index contributed by atoms with van der Waals surface area (Å²) in [7, 11) is -5.13. The highest BCUT2D eigenvalue weighted by Gasteiger charge is 2.57. The number of hydrogen-bond acceptors (Lipinski definition) is 5. The zero-order valence-corrected chi connectivity index (χ0v) is 13.1. The Morgan fingerprint density at radius 1 is 1.30 bits per heavy atom. The number of hydrogen-bond donors (Lipinski definition) is 0. The van der Waals surface area contributed by atoms with E-state index in [4.69, 9.17) is 11.6 Å². The molecule has 5 nitrogen and oxygen atoms in total. The number of rotatable bonds is 3. The van der Waals surface area contributed by atoms with Crippen LogP contribution in [-0.4, -0.2) is 27.0 Å². The molecule has 1 aromatic carbocycles. The lowest BCUT2D eigenvalue weighted by molar-refractivity contribution is -0.161. The van der Waals surface area contributed by atoms with E-state index < -0.39 is 33.6 Å². The lowest BCUT2D eigenvalue weighted by atomic mass is 9.83. The Labute approximate surface area is 134 Å². The van der Waals surface area contributed by atoms with Crippen molar-refractivity contribution in [1.29, 1.82) is 0 Å². The lowest BCUT2D eigenvalue weighted by Crippen LogP contribution is -2.45. The fourth-order valence-corrected chi connectivity index (χ4v) is 3.14. The van der Waals surface area contributed by atoms with Gasteiger partial charge in [0.2, 0.25) is 5.60 Å². The molecule has 0 aromatic heterocycles. The highest BCUT2D eigenvalue weighted by molar-refractivity contribution is 7.87. The maximum atomic E-state index is 12.7. The van der Waals surface area contributed by atoms with E-state index in [1.54, 1.807) is 0 Å². The van der Waals surface area contributed by atoms with Gasteiger partial charge in [0.05, 0.1) is 7.11 Å². The second kappa shape index (κ2) is 5.81. The van der Waals surface area contributed by atoms with Crippen LogP contribution < -0.4 is 0 Å². The van der Waals surface area contributed by atoms with Crippen LogP contribution in [0.1, 0.15) is 17.5 Å². The van der Waals surface area contributed by atoms with Gasteiger partial charge in [-0.1, -0.05) is 41.9 Å². The van der Waals surface area contributed by atoms with E-state index in [0.29, 0.717) is 0 Å². The zero-order valence-electron chi connectivity index (χ0n) is 11.6. The molecule has 0 fully saturated rings. The van der Waals surface area contributed by atoms with Crippen LogP contribution in [0.3, 0.4) is 0 Å². The Morgan fingerprint density at radius 3 is 2.48 bits per heavy atom. The van der Waals surface area contributed by atoms with E-state index in [1.807, 2.05) is 0 Å². The Morgan fingerprint density at radius 2 is 1.91 bits per heavy atom. The van der Waals surface area contributed by atoms with Gasteiger partial charge in [-0.05, 0) is 5.56 Å². The summed E-state index contributed by atoms with van der Waals surface area (Å²) in [6.45, 7) is 0. The predicted octanol–water partition coefficient (Wildman–Crippen LogP) is 2.90. The van der Waals surface area contributed by atoms with Gasteiger partial charge in [-0.15, -0.1) is 0 Å². The first-order valence-corrected chi connectivity index (χ1v) is 7.89. The molecule has 0 saturated heterocycles. The lowest BCUT2D eigenvalue weighted by Gasteiger charge is -2.34. The van der Waals surface area contributed by atoms with Crippen molar-refractivity contribution in [2.45, 2.75) is 17.5 Å². The predicted molar refractivity (Wildman–Crippen MR) is 74.6 cm³/mol. The molecule has 0 aliphatic heterocycles. The molecule has 1 aliphatic carbocycles. The third-order valence-electron chi connectivity index (χ3n) is 3.24. The average Bonchev–Trinajstić information content (AvgIpc) is 2.48. The highest BCUT2D eigenvalue weighted by atomic mass is 35.5. The second-order valence-electron chi connectivity index (χ2n) is 4.60. The number of carbonyl (C=O) groups is 1. The van der Waals surface area contributed by atoms with Crippen LogP contribution in [0.25, 0.3) is 5.03 Å². The third kappa shape index (κ3) is 2.96. The fourth-order valence-electron chi connectivity index (χ4n) is 2.20. The van der Waals surface area contributed by atoms with Crippen molar-refractivity contribution < 1.29 is 35.3 Å². The van der Waals surface area contributed by atoms with Gasteiger partial charge in [-0.3, -0.25) is 0 Å². The zero-order chi connectivity index (χ0) is 17.5. The Balaban J connectivity index is 2.67.